The number of hydrogen-bond acceptors (Lipinski definition) is 6. The molecule has 38 heavy (non-hydrogen) atoms. The van der Waals surface area contributed by atoms with Gasteiger partial charge in [0.1, 0.15) is 11.5 Å². The Labute approximate surface area is 225 Å². The van der Waals surface area contributed by atoms with Crippen molar-refractivity contribution in [2.24, 2.45) is 0 Å². The zero-order valence-corrected chi connectivity index (χ0v) is 22.3. The van der Waals surface area contributed by atoms with Gasteiger partial charge in [-0.25, -0.2) is 9.97 Å². The Morgan fingerprint density at radius 2 is 1.89 bits per heavy atom. The lowest BCUT2D eigenvalue weighted by atomic mass is 10.0. The van der Waals surface area contributed by atoms with Crippen molar-refractivity contribution in [3.8, 4) is 21.6 Å². The molecule has 0 saturated carbocycles. The van der Waals surface area contributed by atoms with E-state index >= 15 is 0 Å². The highest BCUT2D eigenvalue weighted by atomic mass is 32.1. The number of hydrogen-bond donors (Lipinski definition) is 3. The summed E-state index contributed by atoms with van der Waals surface area (Å²) in [7, 11) is 1.84. The summed E-state index contributed by atoms with van der Waals surface area (Å²) in [6, 6.07) is 11.3. The molecule has 6 nitrogen and oxygen atoms in total. The Bertz CT molecular complexity index is 1630. The van der Waals surface area contributed by atoms with Crippen molar-refractivity contribution in [1.82, 2.24) is 19.9 Å². The van der Waals surface area contributed by atoms with Gasteiger partial charge in [0.2, 0.25) is 0 Å². The first-order valence-corrected chi connectivity index (χ1v) is 13.3. The molecule has 5 rings (SSSR count). The van der Waals surface area contributed by atoms with Crippen LogP contribution >= 0.6 is 11.3 Å². The van der Waals surface area contributed by atoms with Gasteiger partial charge in [-0.1, -0.05) is 26.5 Å². The third kappa shape index (κ3) is 5.21. The lowest BCUT2D eigenvalue weighted by Crippen LogP contribution is -2.01. The SMILES string of the molecule is C=C(CCCC)Nc1cncc(-c2cnc(NC)c(C(=C)c3cc4c(-c5ccc(F)s5)ccnc4[nH]3)c2)c1. The Morgan fingerprint density at radius 1 is 1.05 bits per heavy atom. The standard InChI is InChI=1S/C30H29FN6S/c1-5-6-7-18(2)36-22-12-20(15-33-17-22)21-13-24(29(32-4)35-16-21)19(3)26-14-25-23(10-11-34-30(25)37-26)27-8-9-28(31)38-27/h8-17,36H,2-3,5-7H2,1,4H3,(H,32,35)(H,34,37). The van der Waals surface area contributed by atoms with E-state index in [1.165, 1.54) is 6.07 Å². The summed E-state index contributed by atoms with van der Waals surface area (Å²) in [5.41, 5.74) is 7.79. The average Bonchev–Trinajstić information content (AvgIpc) is 3.57. The van der Waals surface area contributed by atoms with Crippen molar-refractivity contribution >= 4 is 39.4 Å². The van der Waals surface area contributed by atoms with Crippen molar-refractivity contribution in [3.63, 3.8) is 0 Å². The molecule has 5 aromatic heterocycles. The quantitative estimate of drug-likeness (QED) is 0.172. The molecule has 0 spiro atoms. The second kappa shape index (κ2) is 11.0. The van der Waals surface area contributed by atoms with E-state index in [0.29, 0.717) is 11.5 Å². The number of nitrogens with one attached hydrogen (secondary N) is 3. The van der Waals surface area contributed by atoms with Gasteiger partial charge in [-0.2, -0.15) is 4.39 Å². The topological polar surface area (TPSA) is 78.5 Å². The summed E-state index contributed by atoms with van der Waals surface area (Å²) in [6.07, 6.45) is 10.3. The van der Waals surface area contributed by atoms with Gasteiger partial charge in [0.05, 0.1) is 11.9 Å². The smallest absolute Gasteiger partial charge is 0.176 e. The van der Waals surface area contributed by atoms with Crippen LogP contribution in [-0.4, -0.2) is 27.0 Å². The molecule has 8 heteroatoms. The molecular formula is C30H29FN6S. The molecule has 3 N–H and O–H groups in total. The zero-order chi connectivity index (χ0) is 26.6. The van der Waals surface area contributed by atoms with E-state index in [9.17, 15) is 4.39 Å². The van der Waals surface area contributed by atoms with E-state index in [2.05, 4.69) is 56.7 Å². The van der Waals surface area contributed by atoms with E-state index < -0.39 is 0 Å². The first kappa shape index (κ1) is 25.4. The minimum atomic E-state index is -0.217. The van der Waals surface area contributed by atoms with E-state index in [1.54, 1.807) is 18.5 Å². The summed E-state index contributed by atoms with van der Waals surface area (Å²) in [5, 5.41) is 7.23. The van der Waals surface area contributed by atoms with Crippen molar-refractivity contribution in [2.75, 3.05) is 17.7 Å². The minimum Gasteiger partial charge on any atom is -0.373 e. The van der Waals surface area contributed by atoms with E-state index in [-0.39, 0.29) is 5.13 Å². The van der Waals surface area contributed by atoms with Gasteiger partial charge in [-0.05, 0) is 49.2 Å². The molecule has 5 heterocycles. The van der Waals surface area contributed by atoms with Crippen LogP contribution in [0.4, 0.5) is 15.9 Å². The Kier molecular flexibility index (Phi) is 7.33. The number of anilines is 2. The maximum absolute atomic E-state index is 13.7. The first-order chi connectivity index (χ1) is 18.5. The summed E-state index contributed by atoms with van der Waals surface area (Å²) >= 11 is 1.12. The van der Waals surface area contributed by atoms with Crippen LogP contribution in [0.1, 0.15) is 37.4 Å². The first-order valence-electron chi connectivity index (χ1n) is 12.5. The number of unbranched alkanes of at least 4 members (excludes halogenated alkanes) is 1. The second-order valence-electron chi connectivity index (χ2n) is 9.05. The molecule has 0 aliphatic heterocycles. The second-order valence-corrected chi connectivity index (χ2v) is 10.1. The zero-order valence-electron chi connectivity index (χ0n) is 21.4. The molecule has 0 aliphatic carbocycles. The Balaban J connectivity index is 1.49. The van der Waals surface area contributed by atoms with Crippen molar-refractivity contribution in [1.29, 1.82) is 0 Å². The van der Waals surface area contributed by atoms with Crippen molar-refractivity contribution < 1.29 is 4.39 Å². The normalized spacial score (nSPS) is 11.0. The largest absolute Gasteiger partial charge is 0.373 e. The molecule has 0 amide bonds. The maximum Gasteiger partial charge on any atom is 0.176 e. The Hall–Kier alpha value is -4.30. The van der Waals surface area contributed by atoms with E-state index in [0.717, 1.165) is 85.8 Å². The number of allylic oxidation sites excluding steroid dienone is 1. The Morgan fingerprint density at radius 3 is 2.66 bits per heavy atom. The molecule has 0 bridgehead atoms. The van der Waals surface area contributed by atoms with Gasteiger partial charge in [-0.3, -0.25) is 4.98 Å². The van der Waals surface area contributed by atoms with Crippen LogP contribution < -0.4 is 10.6 Å². The van der Waals surface area contributed by atoms with E-state index in [1.807, 2.05) is 37.6 Å². The van der Waals surface area contributed by atoms with Gasteiger partial charge in [0.25, 0.3) is 0 Å². The summed E-state index contributed by atoms with van der Waals surface area (Å²) in [5.74, 6) is 0.709. The molecule has 192 valence electrons. The number of H-pyrrole nitrogens is 1. The molecule has 0 atom stereocenters. The fraction of sp³-hybridized carbons (Fsp3) is 0.167. The third-order valence-electron chi connectivity index (χ3n) is 6.37. The number of rotatable bonds is 10. The molecule has 0 radical (unpaired) electrons. The molecule has 0 unspecified atom stereocenters. The predicted molar refractivity (Wildman–Crippen MR) is 157 cm³/mol. The van der Waals surface area contributed by atoms with E-state index in [4.69, 9.17) is 0 Å². The molecule has 0 saturated heterocycles. The van der Waals surface area contributed by atoms with Gasteiger partial charge in [-0.15, -0.1) is 11.3 Å². The highest BCUT2D eigenvalue weighted by Crippen LogP contribution is 2.36. The number of aromatic nitrogens is 4. The number of thiophene rings is 1. The molecule has 0 fully saturated rings. The highest BCUT2D eigenvalue weighted by molar-refractivity contribution is 7.14. The lowest BCUT2D eigenvalue weighted by Gasteiger charge is -2.13. The van der Waals surface area contributed by atoms with Crippen LogP contribution in [0.25, 0.3) is 38.2 Å². The molecule has 0 aromatic carbocycles. The summed E-state index contributed by atoms with van der Waals surface area (Å²) < 4.78 is 13.7. The number of halogens is 1. The molecular weight excluding hydrogens is 495 g/mol. The summed E-state index contributed by atoms with van der Waals surface area (Å²) in [6.45, 7) is 10.7. The predicted octanol–water partition coefficient (Wildman–Crippen LogP) is 8.11. The average molecular weight is 525 g/mol. The van der Waals surface area contributed by atoms with Crippen LogP contribution in [-0.2, 0) is 0 Å². The maximum atomic E-state index is 13.7. The van der Waals surface area contributed by atoms with Crippen molar-refractivity contribution in [3.05, 3.63) is 96.4 Å². The van der Waals surface area contributed by atoms with Crippen LogP contribution in [0.5, 0.6) is 0 Å². The molecule has 5 aromatic rings. The van der Waals surface area contributed by atoms with Crippen molar-refractivity contribution in [2.45, 2.75) is 26.2 Å². The van der Waals surface area contributed by atoms with Crippen LogP contribution in [0.3, 0.4) is 0 Å². The van der Waals surface area contributed by atoms with Crippen LogP contribution in [0, 0.1) is 5.13 Å². The van der Waals surface area contributed by atoms with Crippen LogP contribution in [0.2, 0.25) is 0 Å². The third-order valence-corrected chi connectivity index (χ3v) is 7.28. The van der Waals surface area contributed by atoms with Crippen LogP contribution in [0.15, 0.2) is 80.0 Å². The molecule has 0 aliphatic rings. The van der Waals surface area contributed by atoms with Gasteiger partial charge < -0.3 is 15.6 Å². The highest BCUT2D eigenvalue weighted by Gasteiger charge is 2.16. The number of fused-ring (bicyclic) bond motifs is 1. The van der Waals surface area contributed by atoms with Gasteiger partial charge >= 0.3 is 0 Å². The number of pyridine rings is 3. The monoisotopic (exact) mass is 524 g/mol. The number of nitrogens with zero attached hydrogens (tertiary/aromatic N) is 3. The lowest BCUT2D eigenvalue weighted by molar-refractivity contribution is 0.657. The minimum absolute atomic E-state index is 0.217. The summed E-state index contributed by atoms with van der Waals surface area (Å²) in [4.78, 5) is 17.8. The van der Waals surface area contributed by atoms with Gasteiger partial charge in [0, 0.05) is 75.1 Å². The fourth-order valence-electron chi connectivity index (χ4n) is 4.38. The number of aromatic amines is 1. The fourth-order valence-corrected chi connectivity index (χ4v) is 5.15. The van der Waals surface area contributed by atoms with Gasteiger partial charge in [0.15, 0.2) is 5.13 Å².